The number of alkyl halides is 3. The van der Waals surface area contributed by atoms with Crippen LogP contribution in [0, 0.1) is 17.1 Å². The first-order valence-electron chi connectivity index (χ1n) is 8.93. The molecule has 0 bridgehead atoms. The van der Waals surface area contributed by atoms with Gasteiger partial charge in [-0.05, 0) is 36.8 Å². The Morgan fingerprint density at radius 1 is 1.16 bits per heavy atom. The van der Waals surface area contributed by atoms with Gasteiger partial charge < -0.3 is 0 Å². The Balaban J connectivity index is 1.72. The fourth-order valence-electron chi connectivity index (χ4n) is 2.77. The number of halogens is 4. The smallest absolute Gasteiger partial charge is 0.294 e. The van der Waals surface area contributed by atoms with E-state index in [2.05, 4.69) is 15.1 Å². The second-order valence-corrected chi connectivity index (χ2v) is 8.45. The standard InChI is InChI=1S/C19H13F4N5O3S/c20-14-6-13(7-15(8-14)32(30,31)19(21,22)23)16(29)2-1-3-17-26-11-27-28(17)18-5-4-12(9-24)10-25-18/h4-8,10-11H,1-3H2. The molecule has 3 rings (SSSR count). The Bertz CT molecular complexity index is 1300. The molecule has 0 aliphatic heterocycles. The predicted molar refractivity (Wildman–Crippen MR) is 101 cm³/mol. The van der Waals surface area contributed by atoms with Gasteiger partial charge in [0.15, 0.2) is 11.6 Å². The molecule has 0 amide bonds. The molecule has 0 aliphatic rings. The van der Waals surface area contributed by atoms with Crippen LogP contribution in [-0.4, -0.2) is 39.5 Å². The van der Waals surface area contributed by atoms with Gasteiger partial charge in [0, 0.05) is 24.6 Å². The maximum Gasteiger partial charge on any atom is 0.501 e. The summed E-state index contributed by atoms with van der Waals surface area (Å²) in [4.78, 5) is 19.2. The van der Waals surface area contributed by atoms with Gasteiger partial charge in [-0.25, -0.2) is 22.8 Å². The zero-order valence-electron chi connectivity index (χ0n) is 16.0. The molecule has 166 valence electrons. The number of carbonyl (C=O) groups is 1. The first-order valence-corrected chi connectivity index (χ1v) is 10.4. The van der Waals surface area contributed by atoms with Crippen molar-refractivity contribution in [2.75, 3.05) is 0 Å². The van der Waals surface area contributed by atoms with Crippen LogP contribution in [0.3, 0.4) is 0 Å². The average Bonchev–Trinajstić information content (AvgIpc) is 3.21. The van der Waals surface area contributed by atoms with Crippen LogP contribution in [0.1, 0.15) is 34.6 Å². The summed E-state index contributed by atoms with van der Waals surface area (Å²) < 4.78 is 76.3. The molecule has 0 aliphatic carbocycles. The van der Waals surface area contributed by atoms with E-state index in [1.807, 2.05) is 6.07 Å². The van der Waals surface area contributed by atoms with E-state index in [1.165, 1.54) is 23.3 Å². The lowest BCUT2D eigenvalue weighted by atomic mass is 10.1. The van der Waals surface area contributed by atoms with E-state index in [0.29, 0.717) is 29.3 Å². The highest BCUT2D eigenvalue weighted by atomic mass is 32.2. The normalized spacial score (nSPS) is 11.8. The number of ketones is 1. The highest BCUT2D eigenvalue weighted by Crippen LogP contribution is 2.31. The van der Waals surface area contributed by atoms with E-state index in [4.69, 9.17) is 5.26 Å². The van der Waals surface area contributed by atoms with E-state index in [9.17, 15) is 30.8 Å². The van der Waals surface area contributed by atoms with Crippen molar-refractivity contribution in [3.63, 3.8) is 0 Å². The Hall–Kier alpha value is -3.66. The van der Waals surface area contributed by atoms with Crippen LogP contribution in [-0.2, 0) is 16.3 Å². The molecule has 0 unspecified atom stereocenters. The minimum Gasteiger partial charge on any atom is -0.294 e. The molecule has 32 heavy (non-hydrogen) atoms. The number of nitrogens with zero attached hydrogens (tertiary/aromatic N) is 5. The molecule has 2 heterocycles. The highest BCUT2D eigenvalue weighted by molar-refractivity contribution is 7.92. The molecular weight excluding hydrogens is 454 g/mol. The first kappa shape index (κ1) is 23.0. The molecule has 0 radical (unpaired) electrons. The number of benzene rings is 1. The van der Waals surface area contributed by atoms with Gasteiger partial charge in [0.25, 0.3) is 9.84 Å². The fraction of sp³-hybridized carbons (Fsp3) is 0.211. The van der Waals surface area contributed by atoms with Crippen LogP contribution in [0.2, 0.25) is 0 Å². The number of sulfone groups is 1. The summed E-state index contributed by atoms with van der Waals surface area (Å²) in [5, 5.41) is 12.8. The van der Waals surface area contributed by atoms with Gasteiger partial charge in [0.2, 0.25) is 0 Å². The molecule has 0 saturated heterocycles. The van der Waals surface area contributed by atoms with E-state index in [-0.39, 0.29) is 25.3 Å². The van der Waals surface area contributed by atoms with E-state index in [1.54, 1.807) is 6.07 Å². The van der Waals surface area contributed by atoms with E-state index in [0.717, 1.165) is 0 Å². The second kappa shape index (κ2) is 8.83. The molecule has 2 aromatic heterocycles. The summed E-state index contributed by atoms with van der Waals surface area (Å²) in [6.45, 7) is 0. The number of Topliss-reactive ketones (excluding diaryl/α,β-unsaturated/α-hetero) is 1. The summed E-state index contributed by atoms with van der Waals surface area (Å²) in [7, 11) is -5.79. The number of carbonyl (C=O) groups excluding carboxylic acids is 1. The van der Waals surface area contributed by atoms with Crippen LogP contribution in [0.4, 0.5) is 17.6 Å². The monoisotopic (exact) mass is 467 g/mol. The number of hydrogen-bond acceptors (Lipinski definition) is 7. The van der Waals surface area contributed by atoms with Crippen molar-refractivity contribution in [2.24, 2.45) is 0 Å². The highest BCUT2D eigenvalue weighted by Gasteiger charge is 2.47. The number of pyridine rings is 1. The van der Waals surface area contributed by atoms with Crippen molar-refractivity contribution in [1.29, 1.82) is 5.26 Å². The quantitative estimate of drug-likeness (QED) is 0.387. The second-order valence-electron chi connectivity index (χ2n) is 6.51. The number of aryl methyl sites for hydroxylation is 1. The summed E-state index contributed by atoms with van der Waals surface area (Å²) in [6, 6.07) is 6.43. The summed E-state index contributed by atoms with van der Waals surface area (Å²) >= 11 is 0. The topological polar surface area (TPSA) is 119 Å². The third-order valence-electron chi connectivity index (χ3n) is 4.32. The van der Waals surface area contributed by atoms with Gasteiger partial charge in [-0.2, -0.15) is 28.2 Å². The van der Waals surface area contributed by atoms with Crippen LogP contribution in [0.25, 0.3) is 5.82 Å². The number of nitriles is 1. The zero-order chi connectivity index (χ0) is 23.5. The van der Waals surface area contributed by atoms with Gasteiger partial charge in [-0.15, -0.1) is 0 Å². The SMILES string of the molecule is N#Cc1ccc(-n2ncnc2CCCC(=O)c2cc(F)cc(S(=O)(=O)C(F)(F)F)c2)nc1. The lowest BCUT2D eigenvalue weighted by Gasteiger charge is -2.10. The van der Waals surface area contributed by atoms with E-state index >= 15 is 0 Å². The van der Waals surface area contributed by atoms with Gasteiger partial charge >= 0.3 is 5.51 Å². The molecule has 0 spiro atoms. The van der Waals surface area contributed by atoms with Crippen molar-refractivity contribution in [3.8, 4) is 11.9 Å². The van der Waals surface area contributed by atoms with Crippen LogP contribution in [0.5, 0.6) is 0 Å². The Morgan fingerprint density at radius 3 is 2.53 bits per heavy atom. The maximum absolute atomic E-state index is 13.7. The molecule has 0 atom stereocenters. The maximum atomic E-state index is 13.7. The van der Waals surface area contributed by atoms with Gasteiger partial charge in [-0.3, -0.25) is 4.79 Å². The van der Waals surface area contributed by atoms with Crippen molar-refractivity contribution in [3.05, 3.63) is 65.6 Å². The third-order valence-corrected chi connectivity index (χ3v) is 5.79. The van der Waals surface area contributed by atoms with Gasteiger partial charge in [0.1, 0.15) is 24.0 Å². The molecule has 1 aromatic carbocycles. The number of aromatic nitrogens is 4. The zero-order valence-corrected chi connectivity index (χ0v) is 16.9. The average molecular weight is 467 g/mol. The number of hydrogen-bond donors (Lipinski definition) is 0. The lowest BCUT2D eigenvalue weighted by Crippen LogP contribution is -2.23. The Morgan fingerprint density at radius 2 is 1.91 bits per heavy atom. The molecule has 0 saturated carbocycles. The first-order chi connectivity index (χ1) is 15.0. The minimum atomic E-state index is -5.79. The largest absolute Gasteiger partial charge is 0.501 e. The van der Waals surface area contributed by atoms with Crippen LogP contribution >= 0.6 is 0 Å². The molecule has 0 fully saturated rings. The molecule has 3 aromatic rings. The van der Waals surface area contributed by atoms with Crippen molar-refractivity contribution >= 4 is 15.6 Å². The minimum absolute atomic E-state index is 0.172. The van der Waals surface area contributed by atoms with Crippen LogP contribution < -0.4 is 0 Å². The Kier molecular flexibility index (Phi) is 6.35. The van der Waals surface area contributed by atoms with Gasteiger partial charge in [-0.1, -0.05) is 0 Å². The summed E-state index contributed by atoms with van der Waals surface area (Å²) in [5.41, 5.74) is -5.75. The summed E-state index contributed by atoms with van der Waals surface area (Å²) in [6.07, 6.45) is 2.80. The predicted octanol–water partition coefficient (Wildman–Crippen LogP) is 3.17. The number of rotatable bonds is 7. The molecule has 8 nitrogen and oxygen atoms in total. The van der Waals surface area contributed by atoms with Crippen LogP contribution in [0.15, 0.2) is 47.8 Å². The Labute approximate surface area is 179 Å². The van der Waals surface area contributed by atoms with Gasteiger partial charge in [0.05, 0.1) is 10.5 Å². The van der Waals surface area contributed by atoms with E-state index < -0.39 is 37.4 Å². The third kappa shape index (κ3) is 4.80. The fourth-order valence-corrected chi connectivity index (χ4v) is 3.59. The molecule has 13 heteroatoms. The molecular formula is C19H13F4N5O3S. The van der Waals surface area contributed by atoms with Crippen molar-refractivity contribution in [1.82, 2.24) is 19.7 Å². The van der Waals surface area contributed by atoms with Crippen molar-refractivity contribution in [2.45, 2.75) is 29.7 Å². The van der Waals surface area contributed by atoms with Crippen molar-refractivity contribution < 1.29 is 30.8 Å². The summed E-state index contributed by atoms with van der Waals surface area (Å²) in [5.74, 6) is -1.19. The molecule has 0 N–H and O–H groups in total. The lowest BCUT2D eigenvalue weighted by molar-refractivity contribution is -0.0436.